The first-order chi connectivity index (χ1) is 14.4. The molecule has 0 radical (unpaired) electrons. The molecule has 1 aromatic heterocycles. The number of aromatic hydroxyl groups is 1. The zero-order valence-electron chi connectivity index (χ0n) is 16.6. The average Bonchev–Trinajstić information content (AvgIpc) is 3.58. The number of fused-ring (bicyclic) bond motifs is 1. The van der Waals surface area contributed by atoms with Gasteiger partial charge in [0.15, 0.2) is 23.6 Å². The highest BCUT2D eigenvalue weighted by molar-refractivity contribution is 6.30. The third-order valence-corrected chi connectivity index (χ3v) is 6.26. The standard InChI is InChI=1S/C21H23ClFN3O4/c1-30-20-17-13(19(27)14(21(28)29)10-26(17)12-2-3-12)8-16(23)18(20)25-6-4-11(5-7-25)15(22)9-24/h8,10,12H,2-7,9,24H2,1H3,(H,28,29)/p+1. The largest absolute Gasteiger partial charge is 0.506 e. The van der Waals surface area contributed by atoms with Crippen molar-refractivity contribution in [2.24, 2.45) is 5.73 Å². The van der Waals surface area contributed by atoms with E-state index < -0.39 is 17.5 Å². The van der Waals surface area contributed by atoms with Gasteiger partial charge in [-0.1, -0.05) is 17.2 Å². The lowest BCUT2D eigenvalue weighted by molar-refractivity contribution is -0.675. The summed E-state index contributed by atoms with van der Waals surface area (Å²) < 4.78 is 22.7. The van der Waals surface area contributed by atoms with Crippen molar-refractivity contribution in [1.82, 2.24) is 0 Å². The summed E-state index contributed by atoms with van der Waals surface area (Å²) in [7, 11) is 1.46. The monoisotopic (exact) mass is 436 g/mol. The lowest BCUT2D eigenvalue weighted by Gasteiger charge is -2.32. The molecule has 160 valence electrons. The number of hydrogen-bond acceptors (Lipinski definition) is 5. The normalized spacial score (nSPS) is 16.8. The minimum Gasteiger partial charge on any atom is -0.506 e. The highest BCUT2D eigenvalue weighted by Crippen LogP contribution is 2.44. The van der Waals surface area contributed by atoms with Crippen LogP contribution in [0.4, 0.5) is 10.1 Å². The summed E-state index contributed by atoms with van der Waals surface area (Å²) in [5.41, 5.74) is 7.26. The average molecular weight is 437 g/mol. The Morgan fingerprint density at radius 2 is 2.07 bits per heavy atom. The minimum absolute atomic E-state index is 0.0951. The summed E-state index contributed by atoms with van der Waals surface area (Å²) in [5.74, 6) is -2.01. The Morgan fingerprint density at radius 1 is 1.40 bits per heavy atom. The van der Waals surface area contributed by atoms with E-state index in [-0.39, 0.29) is 23.5 Å². The third kappa shape index (κ3) is 3.44. The van der Waals surface area contributed by atoms with Crippen LogP contribution in [0.25, 0.3) is 10.9 Å². The number of methoxy groups -OCH3 is 1. The summed E-state index contributed by atoms with van der Waals surface area (Å²) in [6.45, 7) is 1.39. The van der Waals surface area contributed by atoms with Gasteiger partial charge >= 0.3 is 5.97 Å². The molecule has 0 atom stereocenters. The van der Waals surface area contributed by atoms with Crippen LogP contribution in [0.2, 0.25) is 0 Å². The second-order valence-electron chi connectivity index (χ2n) is 7.67. The number of aromatic nitrogens is 1. The van der Waals surface area contributed by atoms with Crippen molar-refractivity contribution < 1.29 is 28.7 Å². The molecule has 1 saturated carbocycles. The van der Waals surface area contributed by atoms with Crippen molar-refractivity contribution in [3.63, 3.8) is 0 Å². The first-order valence-electron chi connectivity index (χ1n) is 9.89. The Balaban J connectivity index is 1.88. The van der Waals surface area contributed by atoms with Gasteiger partial charge in [0.2, 0.25) is 5.75 Å². The van der Waals surface area contributed by atoms with Crippen LogP contribution in [0.5, 0.6) is 11.5 Å². The molecular weight excluding hydrogens is 413 g/mol. The van der Waals surface area contributed by atoms with Crippen LogP contribution in [0.1, 0.15) is 42.1 Å². The fourth-order valence-electron chi connectivity index (χ4n) is 4.15. The molecular formula is C21H24ClFN3O4+. The van der Waals surface area contributed by atoms with Crippen molar-refractivity contribution in [2.45, 2.75) is 31.7 Å². The van der Waals surface area contributed by atoms with Crippen LogP contribution in [-0.2, 0) is 0 Å². The van der Waals surface area contributed by atoms with Gasteiger partial charge in [-0.15, -0.1) is 0 Å². The Labute approximate surface area is 178 Å². The van der Waals surface area contributed by atoms with Crippen molar-refractivity contribution in [3.8, 4) is 11.5 Å². The van der Waals surface area contributed by atoms with E-state index in [1.165, 1.54) is 19.4 Å². The molecule has 2 aliphatic rings. The number of piperidine rings is 1. The number of pyridine rings is 1. The van der Waals surface area contributed by atoms with Gasteiger partial charge in [-0.2, -0.15) is 4.57 Å². The summed E-state index contributed by atoms with van der Waals surface area (Å²) in [4.78, 5) is 13.5. The van der Waals surface area contributed by atoms with E-state index in [2.05, 4.69) is 0 Å². The number of ether oxygens (including phenoxy) is 1. The number of hydrogen-bond donors (Lipinski definition) is 3. The summed E-state index contributed by atoms with van der Waals surface area (Å²) in [6, 6.07) is 1.30. The van der Waals surface area contributed by atoms with E-state index in [9.17, 15) is 15.0 Å². The molecule has 4 N–H and O–H groups in total. The van der Waals surface area contributed by atoms with Gasteiger partial charge in [-0.3, -0.25) is 0 Å². The first kappa shape index (κ1) is 20.7. The van der Waals surface area contributed by atoms with Crippen molar-refractivity contribution in [3.05, 3.63) is 34.2 Å². The second-order valence-corrected chi connectivity index (χ2v) is 8.13. The fourth-order valence-corrected chi connectivity index (χ4v) is 4.34. The fraction of sp³-hybridized carbons (Fsp3) is 0.429. The molecule has 1 aromatic carbocycles. The third-order valence-electron chi connectivity index (χ3n) is 5.84. The molecule has 2 fully saturated rings. The van der Waals surface area contributed by atoms with Crippen LogP contribution < -0.4 is 19.9 Å². The van der Waals surface area contributed by atoms with E-state index in [1.807, 2.05) is 4.90 Å². The zero-order valence-corrected chi connectivity index (χ0v) is 17.4. The van der Waals surface area contributed by atoms with Gasteiger partial charge in [0, 0.05) is 37.5 Å². The molecule has 2 aromatic rings. The van der Waals surface area contributed by atoms with Crippen LogP contribution in [0, 0.1) is 5.82 Å². The molecule has 0 spiro atoms. The van der Waals surface area contributed by atoms with E-state index in [0.717, 1.165) is 18.4 Å². The van der Waals surface area contributed by atoms with Crippen LogP contribution in [0.3, 0.4) is 0 Å². The molecule has 1 aliphatic heterocycles. The van der Waals surface area contributed by atoms with Gasteiger partial charge in [-0.05, 0) is 18.9 Å². The molecule has 7 nitrogen and oxygen atoms in total. The number of aromatic carboxylic acids is 1. The van der Waals surface area contributed by atoms with Gasteiger partial charge < -0.3 is 25.6 Å². The number of nitrogens with zero attached hydrogens (tertiary/aromatic N) is 2. The van der Waals surface area contributed by atoms with E-state index >= 15 is 4.39 Å². The molecule has 0 bridgehead atoms. The number of benzene rings is 1. The predicted octanol–water partition coefficient (Wildman–Crippen LogP) is 3.07. The maximum absolute atomic E-state index is 15.3. The summed E-state index contributed by atoms with van der Waals surface area (Å²) in [5, 5.41) is 20.8. The van der Waals surface area contributed by atoms with E-state index in [1.54, 1.807) is 4.57 Å². The van der Waals surface area contributed by atoms with Crippen molar-refractivity contribution in [1.29, 1.82) is 0 Å². The first-order valence-corrected chi connectivity index (χ1v) is 10.3. The van der Waals surface area contributed by atoms with Crippen molar-refractivity contribution >= 4 is 34.2 Å². The Hall–Kier alpha value is -2.58. The molecule has 1 saturated heterocycles. The minimum atomic E-state index is -1.26. The molecule has 2 heterocycles. The van der Waals surface area contributed by atoms with Gasteiger partial charge in [-0.25, -0.2) is 9.18 Å². The molecule has 30 heavy (non-hydrogen) atoms. The number of nitrogens with two attached hydrogens (primary N) is 1. The zero-order chi connectivity index (χ0) is 21.6. The smallest absolute Gasteiger partial charge is 0.345 e. The van der Waals surface area contributed by atoms with Crippen LogP contribution >= 0.6 is 11.6 Å². The van der Waals surface area contributed by atoms with Crippen LogP contribution in [0.15, 0.2) is 22.9 Å². The van der Waals surface area contributed by atoms with E-state index in [4.69, 9.17) is 22.1 Å². The van der Waals surface area contributed by atoms with Gasteiger partial charge in [0.05, 0.1) is 12.5 Å². The number of rotatable bonds is 5. The van der Waals surface area contributed by atoms with E-state index in [0.29, 0.717) is 47.9 Å². The molecule has 0 unspecified atom stereocenters. The predicted molar refractivity (Wildman–Crippen MR) is 111 cm³/mol. The number of carbonyl (C=O) groups is 1. The SMILES string of the molecule is COc1c(N2CCC(=C(Cl)CN)CC2)c(F)cc2c(O)c(C(=O)O)c[n+](C3CC3)c12. The highest BCUT2D eigenvalue weighted by atomic mass is 35.5. The highest BCUT2D eigenvalue weighted by Gasteiger charge is 2.39. The second kappa shape index (κ2) is 7.92. The molecule has 4 rings (SSSR count). The maximum Gasteiger partial charge on any atom is 0.345 e. The van der Waals surface area contributed by atoms with Gasteiger partial charge in [0.25, 0.3) is 5.52 Å². The summed E-state index contributed by atoms with van der Waals surface area (Å²) >= 11 is 6.18. The Kier molecular flexibility index (Phi) is 5.46. The number of carboxylic acid groups (broad SMARTS) is 1. The van der Waals surface area contributed by atoms with Gasteiger partial charge in [0.1, 0.15) is 11.4 Å². The number of carboxylic acids is 1. The topological polar surface area (TPSA) is 99.9 Å². The number of halogens is 2. The Morgan fingerprint density at radius 3 is 2.60 bits per heavy atom. The quantitative estimate of drug-likeness (QED) is 0.623. The molecule has 9 heteroatoms. The lowest BCUT2D eigenvalue weighted by Crippen LogP contribution is -2.36. The lowest BCUT2D eigenvalue weighted by atomic mass is 10.0. The molecule has 1 aliphatic carbocycles. The summed E-state index contributed by atoms with van der Waals surface area (Å²) in [6.07, 6.45) is 4.52. The Bertz CT molecular complexity index is 1060. The van der Waals surface area contributed by atoms with Crippen LogP contribution in [-0.4, -0.2) is 42.9 Å². The number of anilines is 1. The van der Waals surface area contributed by atoms with Crippen molar-refractivity contribution in [2.75, 3.05) is 31.6 Å². The maximum atomic E-state index is 15.3. The molecule has 0 amide bonds.